The molecule has 68 valence electrons. The topological polar surface area (TPSA) is 63.6 Å². The van der Waals surface area contributed by atoms with Crippen molar-refractivity contribution in [3.63, 3.8) is 0 Å². The van der Waals surface area contributed by atoms with Gasteiger partial charge in [-0.25, -0.2) is 0 Å². The van der Waals surface area contributed by atoms with Gasteiger partial charge in [-0.15, -0.1) is 0 Å². The van der Waals surface area contributed by atoms with E-state index in [1.54, 1.807) is 0 Å². The van der Waals surface area contributed by atoms with E-state index in [4.69, 9.17) is 9.84 Å². The molecule has 0 aliphatic heterocycles. The zero-order chi connectivity index (χ0) is 9.14. The van der Waals surface area contributed by atoms with Crippen molar-refractivity contribution in [1.29, 1.82) is 0 Å². The summed E-state index contributed by atoms with van der Waals surface area (Å²) in [6.07, 6.45) is 0.920. The Hall–Kier alpha value is -1.06. The van der Waals surface area contributed by atoms with E-state index in [0.29, 0.717) is 19.3 Å². The molecule has 4 nitrogen and oxygen atoms in total. The minimum atomic E-state index is -0.792. The van der Waals surface area contributed by atoms with Gasteiger partial charge in [0.2, 0.25) is 0 Å². The number of carboxylic acid groups (broad SMARTS) is 1. The van der Waals surface area contributed by atoms with E-state index in [1.165, 1.54) is 0 Å². The Bertz CT molecular complexity index is 189. The zero-order valence-electron chi connectivity index (χ0n) is 6.90. The quantitative estimate of drug-likeness (QED) is 0.635. The Balaban J connectivity index is 2.49. The molecule has 0 aromatic rings. The normalized spacial score (nSPS) is 34.6. The Kier molecular flexibility index (Phi) is 2.68. The van der Waals surface area contributed by atoms with Crippen molar-refractivity contribution in [2.24, 2.45) is 11.8 Å². The van der Waals surface area contributed by atoms with E-state index >= 15 is 0 Å². The summed E-state index contributed by atoms with van der Waals surface area (Å²) in [5.41, 5.74) is 0. The molecule has 0 aromatic carbocycles. The van der Waals surface area contributed by atoms with Gasteiger partial charge in [-0.05, 0) is 18.8 Å². The van der Waals surface area contributed by atoms with E-state index in [2.05, 4.69) is 0 Å². The highest BCUT2D eigenvalue weighted by Gasteiger charge is 2.36. The standard InChI is InChI=1S/C8H12O4/c1-5-2-6(12-4-9)3-7(5)8(10)11/h4-7H,2-3H2,1H3,(H,10,11). The lowest BCUT2D eigenvalue weighted by Crippen LogP contribution is -2.16. The number of hydrogen-bond donors (Lipinski definition) is 1. The highest BCUT2D eigenvalue weighted by molar-refractivity contribution is 5.70. The number of ether oxygens (including phenoxy) is 1. The average molecular weight is 172 g/mol. The molecule has 0 heterocycles. The maximum atomic E-state index is 10.6. The van der Waals surface area contributed by atoms with Crippen LogP contribution in [0.3, 0.4) is 0 Å². The predicted molar refractivity (Wildman–Crippen MR) is 40.5 cm³/mol. The molecular formula is C8H12O4. The van der Waals surface area contributed by atoms with Gasteiger partial charge < -0.3 is 9.84 Å². The van der Waals surface area contributed by atoms with Gasteiger partial charge >= 0.3 is 5.97 Å². The first kappa shape index (κ1) is 9.03. The molecule has 0 bridgehead atoms. The first-order valence-electron chi connectivity index (χ1n) is 3.97. The predicted octanol–water partition coefficient (Wildman–Crippen LogP) is 0.659. The maximum absolute atomic E-state index is 10.6. The smallest absolute Gasteiger partial charge is 0.306 e. The van der Waals surface area contributed by atoms with E-state index in [9.17, 15) is 9.59 Å². The molecule has 12 heavy (non-hydrogen) atoms. The summed E-state index contributed by atoms with van der Waals surface area (Å²) in [6, 6.07) is 0. The molecule has 0 radical (unpaired) electrons. The van der Waals surface area contributed by atoms with Crippen LogP contribution >= 0.6 is 0 Å². The van der Waals surface area contributed by atoms with Gasteiger partial charge in [0, 0.05) is 0 Å². The van der Waals surface area contributed by atoms with Crippen molar-refractivity contribution in [2.75, 3.05) is 0 Å². The molecule has 1 rings (SSSR count). The monoisotopic (exact) mass is 172 g/mol. The highest BCUT2D eigenvalue weighted by Crippen LogP contribution is 2.33. The van der Waals surface area contributed by atoms with Crippen molar-refractivity contribution in [3.05, 3.63) is 0 Å². The molecule has 1 aliphatic rings. The lowest BCUT2D eigenvalue weighted by molar-refractivity contribution is -0.143. The molecular weight excluding hydrogens is 160 g/mol. The second-order valence-corrected chi connectivity index (χ2v) is 3.25. The fraction of sp³-hybridized carbons (Fsp3) is 0.750. The number of hydrogen-bond acceptors (Lipinski definition) is 3. The molecule has 1 aliphatic carbocycles. The number of rotatable bonds is 3. The Morgan fingerprint density at radius 2 is 2.25 bits per heavy atom. The SMILES string of the molecule is CC1CC(OC=O)CC1C(=O)O. The Labute approximate surface area is 70.5 Å². The summed E-state index contributed by atoms with van der Waals surface area (Å²) >= 11 is 0. The van der Waals surface area contributed by atoms with Crippen LogP contribution in [0.2, 0.25) is 0 Å². The summed E-state index contributed by atoms with van der Waals surface area (Å²) < 4.78 is 4.71. The minimum Gasteiger partial charge on any atom is -0.481 e. The molecule has 1 N–H and O–H groups in total. The third-order valence-electron chi connectivity index (χ3n) is 2.40. The van der Waals surface area contributed by atoms with Crippen LogP contribution in [0.25, 0.3) is 0 Å². The van der Waals surface area contributed by atoms with Crippen LogP contribution in [0.1, 0.15) is 19.8 Å². The lowest BCUT2D eigenvalue weighted by atomic mass is 9.99. The fourth-order valence-corrected chi connectivity index (χ4v) is 1.72. The van der Waals surface area contributed by atoms with Gasteiger partial charge in [0.15, 0.2) is 0 Å². The van der Waals surface area contributed by atoms with Crippen molar-refractivity contribution in [1.82, 2.24) is 0 Å². The van der Waals surface area contributed by atoms with Gasteiger partial charge in [-0.3, -0.25) is 9.59 Å². The Morgan fingerprint density at radius 3 is 2.67 bits per heavy atom. The molecule has 3 unspecified atom stereocenters. The fourth-order valence-electron chi connectivity index (χ4n) is 1.72. The molecule has 0 saturated heterocycles. The minimum absolute atomic E-state index is 0.104. The average Bonchev–Trinajstić information content (AvgIpc) is 2.32. The van der Waals surface area contributed by atoms with Crippen molar-refractivity contribution in [2.45, 2.75) is 25.9 Å². The third kappa shape index (κ3) is 1.75. The van der Waals surface area contributed by atoms with Gasteiger partial charge in [0.1, 0.15) is 6.10 Å². The molecule has 0 aromatic heterocycles. The highest BCUT2D eigenvalue weighted by atomic mass is 16.5. The van der Waals surface area contributed by atoms with Gasteiger partial charge in [0.25, 0.3) is 6.47 Å². The van der Waals surface area contributed by atoms with Crippen LogP contribution in [0.4, 0.5) is 0 Å². The lowest BCUT2D eigenvalue weighted by Gasteiger charge is -2.06. The summed E-state index contributed by atoms with van der Waals surface area (Å²) in [4.78, 5) is 20.6. The van der Waals surface area contributed by atoms with E-state index in [1.807, 2.05) is 6.92 Å². The summed E-state index contributed by atoms with van der Waals surface area (Å²) in [5, 5.41) is 8.73. The van der Waals surface area contributed by atoms with Gasteiger partial charge in [0.05, 0.1) is 5.92 Å². The van der Waals surface area contributed by atoms with E-state index in [-0.39, 0.29) is 17.9 Å². The number of aliphatic carboxylic acids is 1. The summed E-state index contributed by atoms with van der Waals surface area (Å²) in [5.74, 6) is -1.04. The van der Waals surface area contributed by atoms with Crippen LogP contribution in [0, 0.1) is 11.8 Å². The second-order valence-electron chi connectivity index (χ2n) is 3.25. The molecule has 3 atom stereocenters. The van der Waals surface area contributed by atoms with Crippen molar-refractivity contribution in [3.8, 4) is 0 Å². The van der Waals surface area contributed by atoms with Crippen molar-refractivity contribution < 1.29 is 19.4 Å². The van der Waals surface area contributed by atoms with Gasteiger partial charge in [-0.1, -0.05) is 6.92 Å². The van der Waals surface area contributed by atoms with Crippen LogP contribution in [-0.2, 0) is 14.3 Å². The van der Waals surface area contributed by atoms with Crippen LogP contribution in [0.15, 0.2) is 0 Å². The molecule has 1 fully saturated rings. The molecule has 1 saturated carbocycles. The van der Waals surface area contributed by atoms with Gasteiger partial charge in [-0.2, -0.15) is 0 Å². The van der Waals surface area contributed by atoms with E-state index < -0.39 is 5.97 Å². The number of carboxylic acids is 1. The molecule has 4 heteroatoms. The molecule has 0 spiro atoms. The van der Waals surface area contributed by atoms with Crippen LogP contribution in [0.5, 0.6) is 0 Å². The summed E-state index contributed by atoms with van der Waals surface area (Å²) in [7, 11) is 0. The first-order chi connectivity index (χ1) is 5.65. The van der Waals surface area contributed by atoms with Crippen molar-refractivity contribution >= 4 is 12.4 Å². The second kappa shape index (κ2) is 3.56. The number of carbonyl (C=O) groups excluding carboxylic acids is 1. The first-order valence-corrected chi connectivity index (χ1v) is 3.97. The third-order valence-corrected chi connectivity index (χ3v) is 2.40. The van der Waals surface area contributed by atoms with Crippen LogP contribution in [-0.4, -0.2) is 23.7 Å². The molecule has 0 amide bonds. The zero-order valence-corrected chi connectivity index (χ0v) is 6.90. The Morgan fingerprint density at radius 1 is 1.58 bits per heavy atom. The van der Waals surface area contributed by atoms with Crippen LogP contribution < -0.4 is 0 Å². The maximum Gasteiger partial charge on any atom is 0.306 e. The van der Waals surface area contributed by atoms with E-state index in [0.717, 1.165) is 0 Å². The summed E-state index contributed by atoms with van der Waals surface area (Å²) in [6.45, 7) is 2.26. The largest absolute Gasteiger partial charge is 0.481 e. The number of carbonyl (C=O) groups is 2.